The molecular weight excluding hydrogens is 1300 g/mol. The number of sulfone groups is 2. The second-order valence-electron chi connectivity index (χ2n) is 25.0. The second-order valence-corrected chi connectivity index (χ2v) is 30.3. The minimum atomic E-state index is -3.35. The van der Waals surface area contributed by atoms with E-state index in [-0.39, 0.29) is 9.79 Å². The van der Waals surface area contributed by atoms with E-state index in [9.17, 15) is 16.8 Å². The van der Waals surface area contributed by atoms with Crippen LogP contribution in [-0.4, -0.2) is 115 Å². The third-order valence-electron chi connectivity index (χ3n) is 18.3. The zero-order valence-electron chi connectivity index (χ0n) is 55.6. The molecule has 4 aromatic carbocycles. The van der Waals surface area contributed by atoms with Crippen LogP contribution in [0, 0.1) is 6.92 Å². The summed E-state index contributed by atoms with van der Waals surface area (Å²) in [5, 5.41) is 25.3. The third-order valence-corrected chi connectivity index (χ3v) is 21.5. The van der Waals surface area contributed by atoms with Crippen molar-refractivity contribution < 1.29 is 31.0 Å². The molecule has 26 heteroatoms. The maximum atomic E-state index is 12.0. The number of hydrogen-bond donors (Lipinski definition) is 3. The van der Waals surface area contributed by atoms with Gasteiger partial charge < -0.3 is 30.2 Å². The molecule has 12 aromatic rings. The van der Waals surface area contributed by atoms with Gasteiger partial charge in [0.05, 0.1) is 112 Å². The van der Waals surface area contributed by atoms with Gasteiger partial charge >= 0.3 is 0 Å². The van der Waals surface area contributed by atoms with Crippen LogP contribution in [0.15, 0.2) is 157 Å². The molecule has 0 saturated heterocycles. The van der Waals surface area contributed by atoms with Gasteiger partial charge in [-0.3, -0.25) is 19.0 Å². The Balaban J connectivity index is 0.000000133. The molecule has 8 aromatic heterocycles. The Morgan fingerprint density at radius 2 is 0.878 bits per heavy atom. The normalized spacial score (nSPS) is 14.9. The predicted molar refractivity (Wildman–Crippen MR) is 384 cm³/mol. The largest absolute Gasteiger partial charge is 0.496 e. The first-order valence-electron chi connectivity index (χ1n) is 33.0. The SMILES string of the molecule is COc1cc(S(C)(=O)=O)ccc1-c1c(C)sc2cnc(Nc3cnn(C4CCCCC4)c3)nc12.COc1cc(S(C)(=O)=O)ccc1-c1cccc2cnc(Nc3cnn(C4CCCCC4)c3)nc12.COc1ccccc1-c1cncc2cnc(Nc3cnn(C4CCCCC4)c3)nc12. The second kappa shape index (κ2) is 29.4. The van der Waals surface area contributed by atoms with E-state index in [1.165, 1.54) is 103 Å². The van der Waals surface area contributed by atoms with Crippen LogP contribution in [0.1, 0.15) is 119 Å². The number of ether oxygens (including phenoxy) is 3. The van der Waals surface area contributed by atoms with E-state index < -0.39 is 19.7 Å². The van der Waals surface area contributed by atoms with Gasteiger partial charge in [0.25, 0.3) is 0 Å². The number of pyridine rings is 1. The summed E-state index contributed by atoms with van der Waals surface area (Å²) in [5.41, 5.74) is 10.1. The summed E-state index contributed by atoms with van der Waals surface area (Å²) in [6.45, 7) is 2.02. The first-order chi connectivity index (χ1) is 47.6. The van der Waals surface area contributed by atoms with E-state index in [1.807, 2.05) is 95.9 Å². The Hall–Kier alpha value is -9.92. The number of hydrogen-bond acceptors (Lipinski definition) is 21. The van der Waals surface area contributed by atoms with Crippen LogP contribution >= 0.6 is 11.3 Å². The molecule has 8 heterocycles. The van der Waals surface area contributed by atoms with Crippen LogP contribution in [0.2, 0.25) is 0 Å². The maximum absolute atomic E-state index is 12.0. The van der Waals surface area contributed by atoms with Crippen LogP contribution in [0.4, 0.5) is 34.9 Å². The Morgan fingerprint density at radius 1 is 0.439 bits per heavy atom. The fraction of sp³-hybridized carbons (Fsp3) is 0.333. The lowest BCUT2D eigenvalue weighted by molar-refractivity contribution is 0.329. The molecule has 3 aliphatic rings. The molecule has 23 nitrogen and oxygen atoms in total. The molecule has 3 saturated carbocycles. The molecular formula is C72H78N16O7S3. The van der Waals surface area contributed by atoms with Crippen LogP contribution in [0.3, 0.4) is 0 Å². The van der Waals surface area contributed by atoms with E-state index in [1.54, 1.807) is 86.7 Å². The molecule has 0 radical (unpaired) electrons. The zero-order chi connectivity index (χ0) is 67.9. The minimum Gasteiger partial charge on any atom is -0.496 e. The predicted octanol–water partition coefficient (Wildman–Crippen LogP) is 15.8. The summed E-state index contributed by atoms with van der Waals surface area (Å²) in [4.78, 5) is 33.7. The van der Waals surface area contributed by atoms with Gasteiger partial charge in [0, 0.05) is 105 Å². The number of thiophene rings is 1. The fourth-order valence-corrected chi connectivity index (χ4v) is 15.5. The number of nitrogens with one attached hydrogen (secondary N) is 3. The van der Waals surface area contributed by atoms with Crippen LogP contribution in [-0.2, 0) is 19.7 Å². The lowest BCUT2D eigenvalue weighted by atomic mass is 9.96. The van der Waals surface area contributed by atoms with Crippen molar-refractivity contribution in [3.63, 3.8) is 0 Å². The molecule has 3 N–H and O–H groups in total. The monoisotopic (exact) mass is 1370 g/mol. The van der Waals surface area contributed by atoms with Crippen LogP contribution < -0.4 is 30.2 Å². The smallest absolute Gasteiger partial charge is 0.227 e. The van der Waals surface area contributed by atoms with Crippen molar-refractivity contribution in [2.45, 2.75) is 131 Å². The molecule has 15 rings (SSSR count). The van der Waals surface area contributed by atoms with Crippen LogP contribution in [0.5, 0.6) is 17.2 Å². The summed E-state index contributed by atoms with van der Waals surface area (Å²) >= 11 is 1.60. The van der Waals surface area contributed by atoms with E-state index in [4.69, 9.17) is 29.2 Å². The van der Waals surface area contributed by atoms with Crippen molar-refractivity contribution in [1.29, 1.82) is 0 Å². The van der Waals surface area contributed by atoms with Gasteiger partial charge in [-0.2, -0.15) is 15.3 Å². The molecule has 3 aliphatic carbocycles. The van der Waals surface area contributed by atoms with Crippen molar-refractivity contribution in [3.8, 4) is 50.6 Å². The Kier molecular flexibility index (Phi) is 20.0. The number of nitrogens with zero attached hydrogens (tertiary/aromatic N) is 13. The average Bonchev–Trinajstić information content (AvgIpc) is 1.54. The summed E-state index contributed by atoms with van der Waals surface area (Å²) in [7, 11) is -1.95. The third kappa shape index (κ3) is 15.1. The number of methoxy groups -OCH3 is 3. The molecule has 506 valence electrons. The van der Waals surface area contributed by atoms with Gasteiger partial charge in [-0.1, -0.05) is 94.2 Å². The molecule has 0 unspecified atom stereocenters. The van der Waals surface area contributed by atoms with Crippen molar-refractivity contribution in [3.05, 3.63) is 152 Å². The fourth-order valence-electron chi connectivity index (χ4n) is 13.3. The number of fused-ring (bicyclic) bond motifs is 3. The number of rotatable bonds is 17. The van der Waals surface area contributed by atoms with Gasteiger partial charge in [0.15, 0.2) is 19.7 Å². The molecule has 3 fully saturated rings. The average molecular weight is 1380 g/mol. The minimum absolute atomic E-state index is 0.209. The number of para-hydroxylation sites is 2. The van der Waals surface area contributed by atoms with E-state index in [0.29, 0.717) is 47.5 Å². The molecule has 0 bridgehead atoms. The van der Waals surface area contributed by atoms with Crippen molar-refractivity contribution >= 4 is 97.9 Å². The molecule has 0 amide bonds. The Morgan fingerprint density at radius 3 is 1.39 bits per heavy atom. The van der Waals surface area contributed by atoms with Gasteiger partial charge in [0.2, 0.25) is 17.8 Å². The molecule has 0 aliphatic heterocycles. The first kappa shape index (κ1) is 66.7. The number of anilines is 6. The molecule has 0 atom stereocenters. The van der Waals surface area contributed by atoms with Gasteiger partial charge in [0.1, 0.15) is 17.2 Å². The lowest BCUT2D eigenvalue weighted by Gasteiger charge is -2.21. The standard InChI is InChI=1S/C25H27N5O3S.C24H27N5O3S2.C23H24N6O/c1-33-23-13-20(34(2,31)32)11-12-21(23)22-10-6-7-17-14-26-25(29-24(17)22)28-18-15-27-30(16-18)19-8-4-3-5-9-19;1-15-22(19-10-9-18(34(3,30)31)11-20(19)32-2)23-21(33-15)13-25-24(28-23)27-16-12-26-29(14-16)17-7-5-4-6-8-17;1-30-21-10-6-5-9-19(21)20-14-24-11-16-12-25-23(28-22(16)20)27-17-13-26-29(15-17)18-7-3-2-4-8-18/h6-7,10-16,19H,3-5,8-9H2,1-2H3,(H,26,28,29);9-14,17H,4-8H2,1-3H3,(H,25,27,28);5-6,9-15,18H,2-4,7-8H2,1H3,(H,25,27,28). The number of aryl methyl sites for hydroxylation is 1. The van der Waals surface area contributed by atoms with E-state index in [0.717, 1.165) is 106 Å². The topological polar surface area (TPSA) is 276 Å². The molecule has 98 heavy (non-hydrogen) atoms. The zero-order valence-corrected chi connectivity index (χ0v) is 58.0. The highest BCUT2D eigenvalue weighted by Gasteiger charge is 2.24. The van der Waals surface area contributed by atoms with Crippen molar-refractivity contribution in [2.24, 2.45) is 0 Å². The lowest BCUT2D eigenvalue weighted by Crippen LogP contribution is -2.12. The highest BCUT2D eigenvalue weighted by Crippen LogP contribution is 2.44. The Labute approximate surface area is 573 Å². The maximum Gasteiger partial charge on any atom is 0.227 e. The Bertz CT molecular complexity index is 5060. The van der Waals surface area contributed by atoms with Gasteiger partial charge in [-0.05, 0) is 87.9 Å². The summed E-state index contributed by atoms with van der Waals surface area (Å²) < 4.78 is 71.8. The highest BCUT2D eigenvalue weighted by molar-refractivity contribution is 7.91. The summed E-state index contributed by atoms with van der Waals surface area (Å²) in [6, 6.07) is 25.0. The quantitative estimate of drug-likeness (QED) is 0.0764. The van der Waals surface area contributed by atoms with Gasteiger partial charge in [-0.15, -0.1) is 11.3 Å². The first-order valence-corrected chi connectivity index (χ1v) is 37.6. The molecule has 0 spiro atoms. The summed E-state index contributed by atoms with van der Waals surface area (Å²) in [5.74, 6) is 3.24. The van der Waals surface area contributed by atoms with Crippen molar-refractivity contribution in [1.82, 2.24) is 64.2 Å². The van der Waals surface area contributed by atoms with Gasteiger partial charge in [-0.25, -0.2) is 46.7 Å². The van der Waals surface area contributed by atoms with E-state index in [2.05, 4.69) is 62.1 Å². The summed E-state index contributed by atoms with van der Waals surface area (Å²) in [6.07, 6.45) is 41.5. The number of benzene rings is 4. The van der Waals surface area contributed by atoms with E-state index >= 15 is 0 Å². The highest BCUT2D eigenvalue weighted by atomic mass is 32.2. The van der Waals surface area contributed by atoms with Crippen molar-refractivity contribution in [2.75, 3.05) is 49.8 Å². The van der Waals surface area contributed by atoms with Crippen LogP contribution in [0.25, 0.3) is 65.4 Å². The number of aromatic nitrogens is 13.